The van der Waals surface area contributed by atoms with Crippen LogP contribution in [0.25, 0.3) is 0 Å². The molecule has 2 aromatic rings. The molecular formula is C20H24N2O4S. The number of amides is 1. The van der Waals surface area contributed by atoms with E-state index in [0.717, 1.165) is 30.4 Å². The maximum atomic E-state index is 13.0. The molecule has 0 spiro atoms. The second-order valence-corrected chi connectivity index (χ2v) is 8.36. The molecule has 1 amide bonds. The lowest BCUT2D eigenvalue weighted by Gasteiger charge is -2.25. The van der Waals surface area contributed by atoms with E-state index in [1.54, 1.807) is 24.3 Å². The van der Waals surface area contributed by atoms with Crippen LogP contribution in [0.5, 0.6) is 5.75 Å². The van der Waals surface area contributed by atoms with Gasteiger partial charge in [0.2, 0.25) is 10.0 Å². The van der Waals surface area contributed by atoms with Gasteiger partial charge in [0.1, 0.15) is 5.75 Å². The summed E-state index contributed by atoms with van der Waals surface area (Å²) in [6.45, 7) is 3.28. The van der Waals surface area contributed by atoms with Gasteiger partial charge in [0, 0.05) is 17.8 Å². The third-order valence-electron chi connectivity index (χ3n) is 4.52. The summed E-state index contributed by atoms with van der Waals surface area (Å²) in [6, 6.07) is 14.5. The van der Waals surface area contributed by atoms with E-state index in [0.29, 0.717) is 24.4 Å². The van der Waals surface area contributed by atoms with E-state index in [1.165, 1.54) is 0 Å². The first-order valence-corrected chi connectivity index (χ1v) is 10.9. The molecule has 1 atom stereocenters. The number of nitrogens with zero attached hydrogens (tertiary/aromatic N) is 1. The van der Waals surface area contributed by atoms with Crippen molar-refractivity contribution in [3.05, 3.63) is 59.7 Å². The molecule has 1 fully saturated rings. The molecule has 6 nitrogen and oxygen atoms in total. The molecule has 1 N–H and O–H groups in total. The summed E-state index contributed by atoms with van der Waals surface area (Å²) in [6.07, 6.45) is 2.97. The smallest absolute Gasteiger partial charge is 0.254 e. The summed E-state index contributed by atoms with van der Waals surface area (Å²) in [7, 11) is -3.33. The molecule has 7 heteroatoms. The minimum atomic E-state index is -3.33. The van der Waals surface area contributed by atoms with Gasteiger partial charge >= 0.3 is 0 Å². The number of carbonyl (C=O) groups is 1. The predicted octanol–water partition coefficient (Wildman–Crippen LogP) is 3.43. The van der Waals surface area contributed by atoms with Crippen LogP contribution in [0.1, 0.15) is 41.7 Å². The van der Waals surface area contributed by atoms with Crippen molar-refractivity contribution in [3.8, 4) is 5.75 Å². The van der Waals surface area contributed by atoms with Crippen molar-refractivity contribution in [2.75, 3.05) is 24.1 Å². The number of sulfonamides is 1. The molecule has 27 heavy (non-hydrogen) atoms. The van der Waals surface area contributed by atoms with Gasteiger partial charge in [-0.2, -0.15) is 0 Å². The van der Waals surface area contributed by atoms with Crippen molar-refractivity contribution >= 4 is 21.6 Å². The number of nitrogens with one attached hydrogen (secondary N) is 1. The van der Waals surface area contributed by atoms with Crippen molar-refractivity contribution in [1.29, 1.82) is 0 Å². The Balaban J connectivity index is 1.75. The number of anilines is 1. The molecule has 1 aliphatic heterocycles. The number of ether oxygens (including phenoxy) is 1. The lowest BCUT2D eigenvalue weighted by Crippen LogP contribution is -2.30. The predicted molar refractivity (Wildman–Crippen MR) is 106 cm³/mol. The molecule has 1 saturated heterocycles. The van der Waals surface area contributed by atoms with Crippen LogP contribution in [-0.4, -0.2) is 38.6 Å². The van der Waals surface area contributed by atoms with Crippen molar-refractivity contribution < 1.29 is 17.9 Å². The molecule has 0 radical (unpaired) electrons. The first kappa shape index (κ1) is 19.2. The Kier molecular flexibility index (Phi) is 5.70. The highest BCUT2D eigenvalue weighted by atomic mass is 32.2. The minimum Gasteiger partial charge on any atom is -0.494 e. The maximum absolute atomic E-state index is 13.0. The highest BCUT2D eigenvalue weighted by Crippen LogP contribution is 2.34. The Morgan fingerprint density at radius 1 is 1.15 bits per heavy atom. The van der Waals surface area contributed by atoms with Gasteiger partial charge in [-0.15, -0.1) is 0 Å². The average Bonchev–Trinajstić information content (AvgIpc) is 3.11. The largest absolute Gasteiger partial charge is 0.494 e. The summed E-state index contributed by atoms with van der Waals surface area (Å²) >= 11 is 0. The molecule has 3 rings (SSSR count). The van der Waals surface area contributed by atoms with Crippen molar-refractivity contribution in [1.82, 2.24) is 4.90 Å². The van der Waals surface area contributed by atoms with E-state index in [1.807, 2.05) is 36.1 Å². The third kappa shape index (κ3) is 4.80. The van der Waals surface area contributed by atoms with Crippen LogP contribution in [0.15, 0.2) is 48.5 Å². The SMILES string of the molecule is CCOc1ccc([C@@H]2CCCN2C(=O)c2ccc(NS(C)(=O)=O)cc2)cc1. The van der Waals surface area contributed by atoms with Crippen molar-refractivity contribution in [3.63, 3.8) is 0 Å². The molecule has 2 aromatic carbocycles. The summed E-state index contributed by atoms with van der Waals surface area (Å²) in [5, 5.41) is 0. The Hall–Kier alpha value is -2.54. The topological polar surface area (TPSA) is 75.7 Å². The molecule has 0 saturated carbocycles. The lowest BCUT2D eigenvalue weighted by atomic mass is 10.0. The number of hydrogen-bond acceptors (Lipinski definition) is 4. The van der Waals surface area contributed by atoms with Crippen LogP contribution in [0.2, 0.25) is 0 Å². The van der Waals surface area contributed by atoms with Gasteiger partial charge in [-0.3, -0.25) is 9.52 Å². The third-order valence-corrected chi connectivity index (χ3v) is 5.13. The van der Waals surface area contributed by atoms with Crippen molar-refractivity contribution in [2.24, 2.45) is 0 Å². The molecule has 0 aliphatic carbocycles. The fourth-order valence-corrected chi connectivity index (χ4v) is 3.93. The molecule has 144 valence electrons. The molecule has 1 heterocycles. The van der Waals surface area contributed by atoms with Crippen LogP contribution in [0.3, 0.4) is 0 Å². The van der Waals surface area contributed by atoms with E-state index in [2.05, 4.69) is 4.72 Å². The lowest BCUT2D eigenvalue weighted by molar-refractivity contribution is 0.0735. The van der Waals surface area contributed by atoms with E-state index < -0.39 is 10.0 Å². The summed E-state index contributed by atoms with van der Waals surface area (Å²) in [5.41, 5.74) is 2.09. The Morgan fingerprint density at radius 3 is 2.41 bits per heavy atom. The van der Waals surface area contributed by atoms with E-state index in [-0.39, 0.29) is 11.9 Å². The molecule has 0 unspecified atom stereocenters. The quantitative estimate of drug-likeness (QED) is 0.823. The summed E-state index contributed by atoms with van der Waals surface area (Å²) in [4.78, 5) is 14.8. The fraction of sp³-hybridized carbons (Fsp3) is 0.350. The Labute approximate surface area is 160 Å². The Morgan fingerprint density at radius 2 is 1.81 bits per heavy atom. The molecular weight excluding hydrogens is 364 g/mol. The zero-order valence-electron chi connectivity index (χ0n) is 15.5. The average molecular weight is 388 g/mol. The van der Waals surface area contributed by atoms with Gasteiger partial charge in [0.05, 0.1) is 18.9 Å². The van der Waals surface area contributed by atoms with Crippen LogP contribution >= 0.6 is 0 Å². The summed E-state index contributed by atoms with van der Waals surface area (Å²) in [5.74, 6) is 0.781. The first-order chi connectivity index (χ1) is 12.9. The summed E-state index contributed by atoms with van der Waals surface area (Å²) < 4.78 is 30.5. The molecule has 0 bridgehead atoms. The number of likely N-dealkylation sites (tertiary alicyclic amines) is 1. The number of benzene rings is 2. The Bertz CT molecular complexity index is 893. The number of carbonyl (C=O) groups excluding carboxylic acids is 1. The van der Waals surface area contributed by atoms with Crippen LogP contribution < -0.4 is 9.46 Å². The monoisotopic (exact) mass is 388 g/mol. The van der Waals surface area contributed by atoms with E-state index in [9.17, 15) is 13.2 Å². The van der Waals surface area contributed by atoms with Gasteiger partial charge in [-0.25, -0.2) is 8.42 Å². The zero-order chi connectivity index (χ0) is 19.4. The first-order valence-electron chi connectivity index (χ1n) is 8.99. The van der Waals surface area contributed by atoms with Crippen LogP contribution in [0, 0.1) is 0 Å². The zero-order valence-corrected chi connectivity index (χ0v) is 16.3. The number of hydrogen-bond donors (Lipinski definition) is 1. The van der Waals surface area contributed by atoms with Crippen molar-refractivity contribution in [2.45, 2.75) is 25.8 Å². The fourth-order valence-electron chi connectivity index (χ4n) is 3.37. The van der Waals surface area contributed by atoms with Gasteiger partial charge in [0.25, 0.3) is 5.91 Å². The second-order valence-electron chi connectivity index (χ2n) is 6.61. The maximum Gasteiger partial charge on any atom is 0.254 e. The molecule has 1 aliphatic rings. The van der Waals surface area contributed by atoms with Gasteiger partial charge in [-0.05, 0) is 61.7 Å². The standard InChI is InChI=1S/C20H24N2O4S/c1-3-26-18-12-8-15(9-13-18)19-5-4-14-22(19)20(23)16-6-10-17(11-7-16)21-27(2,24)25/h6-13,19,21H,3-5,14H2,1-2H3/t19-/m0/s1. The van der Waals surface area contributed by atoms with Gasteiger partial charge in [0.15, 0.2) is 0 Å². The van der Waals surface area contributed by atoms with E-state index >= 15 is 0 Å². The van der Waals surface area contributed by atoms with Gasteiger partial charge < -0.3 is 9.64 Å². The van der Waals surface area contributed by atoms with Gasteiger partial charge in [-0.1, -0.05) is 12.1 Å². The van der Waals surface area contributed by atoms with Crippen LogP contribution in [0.4, 0.5) is 5.69 Å². The second kappa shape index (κ2) is 8.00. The van der Waals surface area contributed by atoms with Crippen LogP contribution in [-0.2, 0) is 10.0 Å². The normalized spacial score (nSPS) is 17.0. The molecule has 0 aromatic heterocycles. The highest BCUT2D eigenvalue weighted by molar-refractivity contribution is 7.92. The number of rotatable bonds is 6. The van der Waals surface area contributed by atoms with E-state index in [4.69, 9.17) is 4.74 Å². The highest BCUT2D eigenvalue weighted by Gasteiger charge is 2.30. The minimum absolute atomic E-state index is 0.0435.